The normalized spacial score (nSPS) is 29.2. The van der Waals surface area contributed by atoms with Crippen LogP contribution in [0.25, 0.3) is 0 Å². The van der Waals surface area contributed by atoms with Crippen LogP contribution >= 0.6 is 0 Å². The van der Waals surface area contributed by atoms with E-state index in [1.54, 1.807) is 0 Å². The molecule has 2 bridgehead atoms. The first-order valence-electron chi connectivity index (χ1n) is 6.48. The third-order valence-electron chi connectivity index (χ3n) is 4.24. The molecule has 1 aromatic heterocycles. The van der Waals surface area contributed by atoms with Gasteiger partial charge in [0.25, 0.3) is 0 Å². The van der Waals surface area contributed by atoms with E-state index in [1.807, 2.05) is 12.1 Å². The highest BCUT2D eigenvalue weighted by Gasteiger charge is 2.40. The third-order valence-corrected chi connectivity index (χ3v) is 4.24. The molecule has 0 spiro atoms. The highest BCUT2D eigenvalue weighted by molar-refractivity contribution is 5.91. The second kappa shape index (κ2) is 4.45. The SMILES string of the molecule is N#CCC(=O)Nc1cc(C2CC3CCC2C3)[nH]n1. The van der Waals surface area contributed by atoms with E-state index in [2.05, 4.69) is 15.5 Å². The number of fused-ring (bicyclic) bond motifs is 2. The molecule has 2 saturated carbocycles. The molecule has 1 heterocycles. The van der Waals surface area contributed by atoms with Crippen LogP contribution < -0.4 is 5.32 Å². The van der Waals surface area contributed by atoms with Gasteiger partial charge in [-0.2, -0.15) is 10.4 Å². The van der Waals surface area contributed by atoms with Gasteiger partial charge < -0.3 is 5.32 Å². The molecule has 5 heteroatoms. The van der Waals surface area contributed by atoms with E-state index < -0.39 is 0 Å². The second-order valence-electron chi connectivity index (χ2n) is 5.37. The van der Waals surface area contributed by atoms with Gasteiger partial charge in [0.1, 0.15) is 6.42 Å². The largest absolute Gasteiger partial charge is 0.308 e. The highest BCUT2D eigenvalue weighted by Crippen LogP contribution is 2.52. The van der Waals surface area contributed by atoms with Crippen molar-refractivity contribution in [1.82, 2.24) is 10.2 Å². The third kappa shape index (κ3) is 1.99. The Morgan fingerprint density at radius 3 is 3.11 bits per heavy atom. The van der Waals surface area contributed by atoms with Crippen molar-refractivity contribution in [2.75, 3.05) is 5.32 Å². The zero-order valence-corrected chi connectivity index (χ0v) is 10.1. The van der Waals surface area contributed by atoms with Crippen molar-refractivity contribution in [3.05, 3.63) is 11.8 Å². The van der Waals surface area contributed by atoms with Gasteiger partial charge in [-0.05, 0) is 31.1 Å². The van der Waals surface area contributed by atoms with Gasteiger partial charge in [0.15, 0.2) is 5.82 Å². The quantitative estimate of drug-likeness (QED) is 0.854. The van der Waals surface area contributed by atoms with Crippen molar-refractivity contribution in [3.8, 4) is 6.07 Å². The van der Waals surface area contributed by atoms with Crippen LogP contribution in [0, 0.1) is 23.2 Å². The van der Waals surface area contributed by atoms with Gasteiger partial charge in [0.05, 0.1) is 6.07 Å². The fraction of sp³-hybridized carbons (Fsp3) is 0.615. The summed E-state index contributed by atoms with van der Waals surface area (Å²) in [6.07, 6.45) is 5.17. The average Bonchev–Trinajstić information content (AvgIpc) is 3.03. The van der Waals surface area contributed by atoms with Gasteiger partial charge in [0.2, 0.25) is 5.91 Å². The van der Waals surface area contributed by atoms with E-state index in [0.717, 1.165) is 17.5 Å². The fourth-order valence-corrected chi connectivity index (χ4v) is 3.48. The summed E-state index contributed by atoms with van der Waals surface area (Å²) in [4.78, 5) is 11.3. The van der Waals surface area contributed by atoms with E-state index >= 15 is 0 Å². The summed E-state index contributed by atoms with van der Waals surface area (Å²) in [5.41, 5.74) is 1.13. The lowest BCUT2D eigenvalue weighted by atomic mass is 9.86. The summed E-state index contributed by atoms with van der Waals surface area (Å²) in [7, 11) is 0. The Morgan fingerprint density at radius 1 is 1.56 bits per heavy atom. The summed E-state index contributed by atoms with van der Waals surface area (Å²) in [6, 6.07) is 3.74. The number of carbonyl (C=O) groups excluding carboxylic acids is 1. The number of nitrogens with one attached hydrogen (secondary N) is 2. The molecule has 3 atom stereocenters. The first kappa shape index (κ1) is 11.3. The molecule has 0 saturated heterocycles. The van der Waals surface area contributed by atoms with Gasteiger partial charge in [-0.25, -0.2) is 0 Å². The molecule has 3 rings (SSSR count). The van der Waals surface area contributed by atoms with E-state index in [9.17, 15) is 4.79 Å². The molecule has 1 aromatic rings. The fourth-order valence-electron chi connectivity index (χ4n) is 3.48. The monoisotopic (exact) mass is 244 g/mol. The maximum absolute atomic E-state index is 11.3. The lowest BCUT2D eigenvalue weighted by Gasteiger charge is -2.19. The van der Waals surface area contributed by atoms with Crippen LogP contribution in [0.1, 0.15) is 43.7 Å². The number of hydrogen-bond donors (Lipinski definition) is 2. The van der Waals surface area contributed by atoms with Crippen molar-refractivity contribution in [1.29, 1.82) is 5.26 Å². The molecule has 1 amide bonds. The van der Waals surface area contributed by atoms with Crippen LogP contribution in [0.3, 0.4) is 0 Å². The van der Waals surface area contributed by atoms with Crippen molar-refractivity contribution in [2.24, 2.45) is 11.8 Å². The Labute approximate surface area is 106 Å². The minimum Gasteiger partial charge on any atom is -0.308 e. The van der Waals surface area contributed by atoms with Crippen LogP contribution in [0.4, 0.5) is 5.82 Å². The Kier molecular flexibility index (Phi) is 2.78. The molecular weight excluding hydrogens is 228 g/mol. The molecule has 0 radical (unpaired) electrons. The number of carbonyl (C=O) groups is 1. The Balaban J connectivity index is 1.67. The van der Waals surface area contributed by atoms with Crippen LogP contribution in [0.15, 0.2) is 6.07 Å². The maximum atomic E-state index is 11.3. The molecule has 18 heavy (non-hydrogen) atoms. The second-order valence-corrected chi connectivity index (χ2v) is 5.37. The minimum absolute atomic E-state index is 0.129. The van der Waals surface area contributed by atoms with E-state index in [1.165, 1.54) is 25.7 Å². The van der Waals surface area contributed by atoms with Crippen LogP contribution in [0.5, 0.6) is 0 Å². The topological polar surface area (TPSA) is 81.6 Å². The zero-order valence-electron chi connectivity index (χ0n) is 10.1. The Bertz CT molecular complexity index is 501. The Hall–Kier alpha value is -1.83. The smallest absolute Gasteiger partial charge is 0.239 e. The molecule has 2 N–H and O–H groups in total. The lowest BCUT2D eigenvalue weighted by Crippen LogP contribution is -2.10. The van der Waals surface area contributed by atoms with Crippen LogP contribution in [-0.2, 0) is 4.79 Å². The lowest BCUT2D eigenvalue weighted by molar-refractivity contribution is -0.115. The first-order valence-corrected chi connectivity index (χ1v) is 6.48. The molecule has 2 fully saturated rings. The summed E-state index contributed by atoms with van der Waals surface area (Å²) >= 11 is 0. The number of nitrogens with zero attached hydrogens (tertiary/aromatic N) is 2. The summed E-state index contributed by atoms with van der Waals surface area (Å²) < 4.78 is 0. The van der Waals surface area contributed by atoms with Gasteiger partial charge in [0, 0.05) is 17.7 Å². The predicted molar refractivity (Wildman–Crippen MR) is 65.6 cm³/mol. The molecule has 2 aliphatic carbocycles. The predicted octanol–water partition coefficient (Wildman–Crippen LogP) is 2.17. The molecule has 2 aliphatic rings. The minimum atomic E-state index is -0.302. The van der Waals surface area contributed by atoms with Gasteiger partial charge >= 0.3 is 0 Å². The van der Waals surface area contributed by atoms with Crippen molar-refractivity contribution < 1.29 is 4.79 Å². The van der Waals surface area contributed by atoms with Gasteiger partial charge in [-0.1, -0.05) is 6.42 Å². The number of amides is 1. The maximum Gasteiger partial charge on any atom is 0.239 e. The van der Waals surface area contributed by atoms with Crippen LogP contribution in [0.2, 0.25) is 0 Å². The average molecular weight is 244 g/mol. The van der Waals surface area contributed by atoms with Crippen LogP contribution in [-0.4, -0.2) is 16.1 Å². The summed E-state index contributed by atoms with van der Waals surface area (Å²) in [5.74, 6) is 2.49. The number of hydrogen-bond acceptors (Lipinski definition) is 3. The molecule has 0 aliphatic heterocycles. The first-order chi connectivity index (χ1) is 8.76. The zero-order chi connectivity index (χ0) is 12.5. The Morgan fingerprint density at radius 2 is 2.44 bits per heavy atom. The number of H-pyrrole nitrogens is 1. The van der Waals surface area contributed by atoms with Gasteiger partial charge in [-0.15, -0.1) is 0 Å². The van der Waals surface area contributed by atoms with Crippen molar-refractivity contribution in [2.45, 2.75) is 38.0 Å². The number of rotatable bonds is 3. The molecule has 5 nitrogen and oxygen atoms in total. The molecular formula is C13H16N4O. The van der Waals surface area contributed by atoms with Gasteiger partial charge in [-0.3, -0.25) is 9.89 Å². The molecule has 0 aromatic carbocycles. The number of nitriles is 1. The number of aromatic amines is 1. The van der Waals surface area contributed by atoms with E-state index in [-0.39, 0.29) is 12.3 Å². The highest BCUT2D eigenvalue weighted by atomic mass is 16.1. The molecule has 94 valence electrons. The van der Waals surface area contributed by atoms with Crippen molar-refractivity contribution >= 4 is 11.7 Å². The summed E-state index contributed by atoms with van der Waals surface area (Å²) in [5, 5.41) is 18.2. The van der Waals surface area contributed by atoms with E-state index in [0.29, 0.717) is 11.7 Å². The number of aromatic nitrogens is 2. The number of anilines is 1. The van der Waals surface area contributed by atoms with E-state index in [4.69, 9.17) is 5.26 Å². The summed E-state index contributed by atoms with van der Waals surface area (Å²) in [6.45, 7) is 0. The van der Waals surface area contributed by atoms with Crippen molar-refractivity contribution in [3.63, 3.8) is 0 Å². The molecule has 3 unspecified atom stereocenters. The standard InChI is InChI=1S/C13H16N4O/c14-4-3-13(18)15-12-7-11(16-17-12)10-6-8-1-2-9(10)5-8/h7-10H,1-3,5-6H2,(H2,15,16,17,18).